The molecule has 0 fully saturated rings. The minimum atomic E-state index is 0.671. The molecule has 8 aromatic carbocycles. The molecule has 0 amide bonds. The molecule has 0 unspecified atom stereocenters. The molecule has 0 N–H and O–H groups in total. The molecule has 8 rings (SSSR count). The van der Waals surface area contributed by atoms with Gasteiger partial charge in [0.1, 0.15) is 34.5 Å². The summed E-state index contributed by atoms with van der Waals surface area (Å²) in [6.07, 6.45) is 26.8. The summed E-state index contributed by atoms with van der Waals surface area (Å²) < 4.78 is 36.0. The maximum Gasteiger partial charge on any atom is 0.119 e. The lowest BCUT2D eigenvalue weighted by Crippen LogP contribution is -1.98. The molecular formula is C78H86N4O6. The van der Waals surface area contributed by atoms with Gasteiger partial charge in [0, 0.05) is 12.4 Å². The van der Waals surface area contributed by atoms with E-state index < -0.39 is 0 Å². The van der Waals surface area contributed by atoms with Crippen molar-refractivity contribution in [3.8, 4) is 68.9 Å². The second-order valence-electron chi connectivity index (χ2n) is 22.2. The monoisotopic (exact) mass is 1170 g/mol. The predicted octanol–water partition coefficient (Wildman–Crippen LogP) is 20.4. The Morgan fingerprint density at radius 2 is 0.432 bits per heavy atom. The van der Waals surface area contributed by atoms with Gasteiger partial charge in [0.15, 0.2) is 0 Å². The van der Waals surface area contributed by atoms with Gasteiger partial charge in [-0.25, -0.2) is 0 Å². The fraction of sp³-hybridized carbons (Fsp3) is 0.333. The molecule has 88 heavy (non-hydrogen) atoms. The van der Waals surface area contributed by atoms with Gasteiger partial charge in [0.2, 0.25) is 0 Å². The molecule has 0 heterocycles. The van der Waals surface area contributed by atoms with Gasteiger partial charge < -0.3 is 28.4 Å². The van der Waals surface area contributed by atoms with Crippen LogP contribution in [0.1, 0.15) is 151 Å². The van der Waals surface area contributed by atoms with E-state index in [-0.39, 0.29) is 0 Å². The van der Waals surface area contributed by atoms with Gasteiger partial charge in [0.05, 0.1) is 74.3 Å². The molecule has 0 atom stereocenters. The zero-order valence-electron chi connectivity index (χ0n) is 51.3. The Bertz CT molecular complexity index is 3100. The van der Waals surface area contributed by atoms with Crippen LogP contribution in [0.4, 0.5) is 11.4 Å². The third kappa shape index (κ3) is 24.7. The van der Waals surface area contributed by atoms with Crippen LogP contribution >= 0.6 is 0 Å². The van der Waals surface area contributed by atoms with Crippen LogP contribution < -0.4 is 28.4 Å². The predicted molar refractivity (Wildman–Crippen MR) is 359 cm³/mol. The average molecular weight is 1180 g/mol. The van der Waals surface area contributed by atoms with Crippen molar-refractivity contribution >= 4 is 23.8 Å². The number of ether oxygens (including phenoxy) is 6. The van der Waals surface area contributed by atoms with Crippen LogP contribution in [0, 0.1) is 22.7 Å². The minimum Gasteiger partial charge on any atom is -0.494 e. The standard InChI is InChI=1S/C78H86N4O6/c79-59-63-21-29-67(30-22-63)69-33-45-75(46-34-69)85-55-17-11-5-1-3-9-15-53-83-73-41-25-65(26-42-73)61-81-71-37-49-77(50-38-71)87-57-19-13-7-8-14-20-58-88-78-51-39-72(40-52-78)82-62-66-27-43-74(44-28-66)84-54-16-10-4-2-6-12-18-56-86-76-47-35-70(36-48-76)68-31-23-64(60-80)24-32-68/h21-52,61-62H,1-20,53-58H2. The van der Waals surface area contributed by atoms with E-state index in [4.69, 9.17) is 38.9 Å². The average Bonchev–Trinajstić information content (AvgIpc) is 3.77. The van der Waals surface area contributed by atoms with E-state index in [0.717, 1.165) is 157 Å². The molecule has 0 saturated carbocycles. The number of aliphatic imine (C=N–C) groups is 2. The van der Waals surface area contributed by atoms with E-state index in [2.05, 4.69) is 46.4 Å². The molecule has 454 valence electrons. The number of nitriles is 2. The summed E-state index contributed by atoms with van der Waals surface area (Å²) in [6, 6.07) is 68.2. The molecule has 8 aromatic rings. The number of hydrogen-bond acceptors (Lipinski definition) is 10. The highest BCUT2D eigenvalue weighted by Gasteiger charge is 2.05. The van der Waals surface area contributed by atoms with Crippen molar-refractivity contribution in [3.63, 3.8) is 0 Å². The van der Waals surface area contributed by atoms with Crippen LogP contribution in [-0.4, -0.2) is 52.1 Å². The molecule has 0 saturated heterocycles. The van der Waals surface area contributed by atoms with Gasteiger partial charge in [-0.15, -0.1) is 0 Å². The summed E-state index contributed by atoms with van der Waals surface area (Å²) in [7, 11) is 0. The fourth-order valence-electron chi connectivity index (χ4n) is 10.0. The van der Waals surface area contributed by atoms with E-state index >= 15 is 0 Å². The number of rotatable bonds is 41. The summed E-state index contributed by atoms with van der Waals surface area (Å²) in [5.41, 5.74) is 9.61. The van der Waals surface area contributed by atoms with Gasteiger partial charge in [-0.05, 0) is 217 Å². The Morgan fingerprint density at radius 3 is 0.659 bits per heavy atom. The molecule has 10 nitrogen and oxygen atoms in total. The number of nitrogens with zero attached hydrogens (tertiary/aromatic N) is 4. The minimum absolute atomic E-state index is 0.671. The van der Waals surface area contributed by atoms with Crippen LogP contribution in [-0.2, 0) is 0 Å². The maximum absolute atomic E-state index is 9.02. The fourth-order valence-corrected chi connectivity index (χ4v) is 10.0. The van der Waals surface area contributed by atoms with Crippen LogP contribution in [0.3, 0.4) is 0 Å². The lowest BCUT2D eigenvalue weighted by molar-refractivity contribution is 0.297. The summed E-state index contributed by atoms with van der Waals surface area (Å²) in [5.74, 6) is 5.32. The maximum atomic E-state index is 9.02. The van der Waals surface area contributed by atoms with E-state index in [0.29, 0.717) is 24.3 Å². The summed E-state index contributed by atoms with van der Waals surface area (Å²) in [6.45, 7) is 4.35. The third-order valence-electron chi connectivity index (χ3n) is 15.3. The quantitative estimate of drug-likeness (QED) is 0.0274. The molecule has 0 radical (unpaired) electrons. The Hall–Kier alpha value is -9.12. The van der Waals surface area contributed by atoms with Crippen molar-refractivity contribution in [2.24, 2.45) is 9.98 Å². The Morgan fingerprint density at radius 1 is 0.239 bits per heavy atom. The zero-order chi connectivity index (χ0) is 60.7. The van der Waals surface area contributed by atoms with Crippen LogP contribution in [0.2, 0.25) is 0 Å². The SMILES string of the molecule is N#Cc1ccc(-c2ccc(OCCCCCCCCCOc3ccc(C=Nc4ccc(OCCCCCCCCOc5ccc(N=Cc6ccc(OCCCCCCCCCOc7ccc(-c8ccc(C#N)cc8)cc7)cc6)cc5)cc4)cc3)cc2)cc1. The first-order valence-electron chi connectivity index (χ1n) is 32.0. The van der Waals surface area contributed by atoms with Crippen LogP contribution in [0.15, 0.2) is 204 Å². The molecule has 0 aliphatic carbocycles. The molecule has 10 heteroatoms. The van der Waals surface area contributed by atoms with Crippen molar-refractivity contribution in [1.82, 2.24) is 0 Å². The van der Waals surface area contributed by atoms with Gasteiger partial charge >= 0.3 is 0 Å². The third-order valence-corrected chi connectivity index (χ3v) is 15.3. The van der Waals surface area contributed by atoms with Crippen LogP contribution in [0.25, 0.3) is 22.3 Å². The molecular weight excluding hydrogens is 1090 g/mol. The Labute approximate surface area is 523 Å². The van der Waals surface area contributed by atoms with E-state index in [1.54, 1.807) is 0 Å². The second kappa shape index (κ2) is 38.8. The summed E-state index contributed by atoms with van der Waals surface area (Å²) in [5, 5.41) is 18.0. The number of benzene rings is 8. The lowest BCUT2D eigenvalue weighted by Gasteiger charge is -2.08. The Balaban J connectivity index is 0.558. The van der Waals surface area contributed by atoms with E-state index in [1.807, 2.05) is 182 Å². The highest BCUT2D eigenvalue weighted by atomic mass is 16.5. The van der Waals surface area contributed by atoms with Crippen molar-refractivity contribution in [1.29, 1.82) is 10.5 Å². The van der Waals surface area contributed by atoms with Gasteiger partial charge in [0.25, 0.3) is 0 Å². The first-order chi connectivity index (χ1) is 43.5. The normalized spacial score (nSPS) is 11.1. The highest BCUT2D eigenvalue weighted by Crippen LogP contribution is 2.27. The van der Waals surface area contributed by atoms with Crippen molar-refractivity contribution in [2.45, 2.75) is 128 Å². The van der Waals surface area contributed by atoms with E-state index in [1.165, 1.54) is 77.0 Å². The smallest absolute Gasteiger partial charge is 0.119 e. The first kappa shape index (κ1) is 64.9. The lowest BCUT2D eigenvalue weighted by atomic mass is 10.0. The Kier molecular flexibility index (Phi) is 28.6. The molecule has 0 aliphatic rings. The molecule has 0 bridgehead atoms. The largest absolute Gasteiger partial charge is 0.494 e. The van der Waals surface area contributed by atoms with Crippen molar-refractivity contribution < 1.29 is 28.4 Å². The van der Waals surface area contributed by atoms with Gasteiger partial charge in [-0.1, -0.05) is 138 Å². The summed E-state index contributed by atoms with van der Waals surface area (Å²) >= 11 is 0. The van der Waals surface area contributed by atoms with E-state index in [9.17, 15) is 0 Å². The zero-order valence-corrected chi connectivity index (χ0v) is 51.3. The molecule has 0 aromatic heterocycles. The number of unbranched alkanes of at least 4 members (excludes halogenated alkanes) is 17. The van der Waals surface area contributed by atoms with Gasteiger partial charge in [-0.3, -0.25) is 9.98 Å². The highest BCUT2D eigenvalue weighted by molar-refractivity contribution is 5.83. The summed E-state index contributed by atoms with van der Waals surface area (Å²) in [4.78, 5) is 9.33. The van der Waals surface area contributed by atoms with Gasteiger partial charge in [-0.2, -0.15) is 10.5 Å². The topological polar surface area (TPSA) is 128 Å². The molecule has 0 spiro atoms. The second-order valence-corrected chi connectivity index (χ2v) is 22.2. The number of hydrogen-bond donors (Lipinski definition) is 0. The van der Waals surface area contributed by atoms with Crippen LogP contribution in [0.5, 0.6) is 34.5 Å². The van der Waals surface area contributed by atoms with Crippen molar-refractivity contribution in [2.75, 3.05) is 39.6 Å². The first-order valence-corrected chi connectivity index (χ1v) is 32.0. The molecule has 0 aliphatic heterocycles. The van der Waals surface area contributed by atoms with Crippen molar-refractivity contribution in [3.05, 3.63) is 216 Å².